The lowest BCUT2D eigenvalue weighted by molar-refractivity contribution is 0.231. The van der Waals surface area contributed by atoms with Crippen molar-refractivity contribution < 1.29 is 9.13 Å². The van der Waals surface area contributed by atoms with Gasteiger partial charge in [0, 0.05) is 19.1 Å². The van der Waals surface area contributed by atoms with Crippen LogP contribution in [0.5, 0.6) is 5.75 Å². The topological polar surface area (TPSA) is 30.3 Å². The van der Waals surface area contributed by atoms with Gasteiger partial charge in [-0.3, -0.25) is 0 Å². The molecule has 1 heterocycles. The summed E-state index contributed by atoms with van der Waals surface area (Å²) in [6.45, 7) is 8.14. The van der Waals surface area contributed by atoms with Crippen LogP contribution in [0.15, 0.2) is 54.9 Å². The van der Waals surface area contributed by atoms with Crippen LogP contribution >= 0.6 is 0 Å². The minimum atomic E-state index is -0.237. The highest BCUT2D eigenvalue weighted by atomic mass is 19.1. The van der Waals surface area contributed by atoms with E-state index in [0.29, 0.717) is 12.6 Å². The van der Waals surface area contributed by atoms with E-state index in [2.05, 4.69) is 46.5 Å². The standard InChI is InChI=1S/C22H28FN3O/c1-3-25(14-6-16-27-20-11-9-19(23)10-12-20)15-13-18(2)26-17-24-21-7-4-5-8-22(21)26/h4-5,7-12,17-18H,3,6,13-16H2,1-2H3. The van der Waals surface area contributed by atoms with E-state index < -0.39 is 0 Å². The molecule has 0 radical (unpaired) electrons. The molecule has 0 fully saturated rings. The highest BCUT2D eigenvalue weighted by Gasteiger charge is 2.11. The quantitative estimate of drug-likeness (QED) is 0.475. The van der Waals surface area contributed by atoms with Gasteiger partial charge in [-0.2, -0.15) is 0 Å². The average Bonchev–Trinajstić information content (AvgIpc) is 3.13. The lowest BCUT2D eigenvalue weighted by Crippen LogP contribution is -2.28. The lowest BCUT2D eigenvalue weighted by atomic mass is 10.2. The molecule has 0 saturated carbocycles. The van der Waals surface area contributed by atoms with Crippen molar-refractivity contribution >= 4 is 11.0 Å². The highest BCUT2D eigenvalue weighted by Crippen LogP contribution is 2.20. The second kappa shape index (κ2) is 9.51. The Bertz CT molecular complexity index is 831. The molecule has 1 unspecified atom stereocenters. The first-order chi connectivity index (χ1) is 13.2. The first-order valence-electron chi connectivity index (χ1n) is 9.69. The Morgan fingerprint density at radius 1 is 1.11 bits per heavy atom. The molecule has 27 heavy (non-hydrogen) atoms. The second-order valence-electron chi connectivity index (χ2n) is 6.87. The third-order valence-corrected chi connectivity index (χ3v) is 4.97. The van der Waals surface area contributed by atoms with Crippen molar-refractivity contribution in [2.45, 2.75) is 32.7 Å². The molecule has 0 spiro atoms. The maximum atomic E-state index is 12.9. The van der Waals surface area contributed by atoms with Gasteiger partial charge in [0.2, 0.25) is 0 Å². The zero-order valence-corrected chi connectivity index (χ0v) is 16.1. The number of imidazole rings is 1. The molecule has 0 saturated heterocycles. The fourth-order valence-electron chi connectivity index (χ4n) is 3.28. The van der Waals surface area contributed by atoms with Crippen LogP contribution in [0.3, 0.4) is 0 Å². The van der Waals surface area contributed by atoms with E-state index in [9.17, 15) is 4.39 Å². The summed E-state index contributed by atoms with van der Waals surface area (Å²) >= 11 is 0. The fourth-order valence-corrected chi connectivity index (χ4v) is 3.28. The summed E-state index contributed by atoms with van der Waals surface area (Å²) in [5.41, 5.74) is 2.25. The van der Waals surface area contributed by atoms with Gasteiger partial charge >= 0.3 is 0 Å². The summed E-state index contributed by atoms with van der Waals surface area (Å²) in [5, 5.41) is 0. The summed E-state index contributed by atoms with van der Waals surface area (Å²) < 4.78 is 20.8. The van der Waals surface area contributed by atoms with Crippen LogP contribution < -0.4 is 4.74 Å². The van der Waals surface area contributed by atoms with Gasteiger partial charge in [0.15, 0.2) is 0 Å². The third kappa shape index (κ3) is 5.30. The van der Waals surface area contributed by atoms with Crippen LogP contribution in [0.25, 0.3) is 11.0 Å². The van der Waals surface area contributed by atoms with Gasteiger partial charge in [-0.25, -0.2) is 9.37 Å². The molecule has 1 atom stereocenters. The van der Waals surface area contributed by atoms with Crippen molar-refractivity contribution in [3.05, 3.63) is 60.7 Å². The van der Waals surface area contributed by atoms with Gasteiger partial charge in [-0.1, -0.05) is 19.1 Å². The van der Waals surface area contributed by atoms with Crippen molar-refractivity contribution in [3.63, 3.8) is 0 Å². The molecule has 3 rings (SSSR count). The van der Waals surface area contributed by atoms with E-state index in [1.165, 1.54) is 17.6 Å². The Hall–Kier alpha value is -2.40. The maximum absolute atomic E-state index is 12.9. The average molecular weight is 369 g/mol. The lowest BCUT2D eigenvalue weighted by Gasteiger charge is -2.23. The van der Waals surface area contributed by atoms with Crippen LogP contribution in [0.2, 0.25) is 0 Å². The molecule has 0 aliphatic heterocycles. The van der Waals surface area contributed by atoms with E-state index in [-0.39, 0.29) is 5.82 Å². The van der Waals surface area contributed by atoms with E-state index in [0.717, 1.165) is 43.7 Å². The second-order valence-corrected chi connectivity index (χ2v) is 6.87. The highest BCUT2D eigenvalue weighted by molar-refractivity contribution is 5.75. The molecule has 1 aromatic heterocycles. The number of aromatic nitrogens is 2. The van der Waals surface area contributed by atoms with Crippen LogP contribution in [0.4, 0.5) is 4.39 Å². The zero-order chi connectivity index (χ0) is 19.1. The summed E-state index contributed by atoms with van der Waals surface area (Å²) in [4.78, 5) is 6.94. The van der Waals surface area contributed by atoms with Crippen LogP contribution in [0, 0.1) is 5.82 Å². The SMILES string of the molecule is CCN(CCCOc1ccc(F)cc1)CCC(C)n1cnc2ccccc21. The first-order valence-corrected chi connectivity index (χ1v) is 9.69. The predicted octanol–water partition coefficient (Wildman–Crippen LogP) is 4.92. The molecule has 2 aromatic carbocycles. The molecule has 0 aliphatic rings. The number of para-hydroxylation sites is 2. The minimum absolute atomic E-state index is 0.237. The van der Waals surface area contributed by atoms with Gasteiger partial charge in [0.05, 0.1) is 24.0 Å². The summed E-state index contributed by atoms with van der Waals surface area (Å²) in [5.74, 6) is 0.486. The normalized spacial score (nSPS) is 12.6. The van der Waals surface area contributed by atoms with Gasteiger partial charge in [0.1, 0.15) is 11.6 Å². The molecule has 3 aromatic rings. The Morgan fingerprint density at radius 3 is 2.67 bits per heavy atom. The third-order valence-electron chi connectivity index (χ3n) is 4.97. The van der Waals surface area contributed by atoms with E-state index in [1.54, 1.807) is 12.1 Å². The molecule has 0 N–H and O–H groups in total. The van der Waals surface area contributed by atoms with Crippen molar-refractivity contribution in [2.75, 3.05) is 26.2 Å². The van der Waals surface area contributed by atoms with Crippen LogP contribution in [0.1, 0.15) is 32.7 Å². The van der Waals surface area contributed by atoms with E-state index in [4.69, 9.17) is 4.74 Å². The van der Waals surface area contributed by atoms with Crippen LogP contribution in [-0.4, -0.2) is 40.7 Å². The predicted molar refractivity (Wildman–Crippen MR) is 108 cm³/mol. The molecule has 0 aliphatic carbocycles. The number of rotatable bonds is 10. The van der Waals surface area contributed by atoms with Crippen molar-refractivity contribution in [2.24, 2.45) is 0 Å². The first kappa shape index (κ1) is 19.4. The Labute approximate surface area is 160 Å². The van der Waals surface area contributed by atoms with Crippen molar-refractivity contribution in [3.8, 4) is 5.75 Å². The monoisotopic (exact) mass is 369 g/mol. The van der Waals surface area contributed by atoms with Gasteiger partial charge in [-0.05, 0) is 62.7 Å². The largest absolute Gasteiger partial charge is 0.494 e. The maximum Gasteiger partial charge on any atom is 0.123 e. The molecule has 0 bridgehead atoms. The minimum Gasteiger partial charge on any atom is -0.494 e. The summed E-state index contributed by atoms with van der Waals surface area (Å²) in [6.07, 6.45) is 3.97. The number of halogens is 1. The van der Waals surface area contributed by atoms with Crippen molar-refractivity contribution in [1.29, 1.82) is 0 Å². The molecular weight excluding hydrogens is 341 g/mol. The summed E-state index contributed by atoms with van der Waals surface area (Å²) in [6, 6.07) is 14.9. The summed E-state index contributed by atoms with van der Waals surface area (Å²) in [7, 11) is 0. The zero-order valence-electron chi connectivity index (χ0n) is 16.1. The van der Waals surface area contributed by atoms with Crippen LogP contribution in [-0.2, 0) is 0 Å². The molecular formula is C22H28FN3O. The molecule has 4 nitrogen and oxygen atoms in total. The Morgan fingerprint density at radius 2 is 1.89 bits per heavy atom. The fraction of sp³-hybridized carbons (Fsp3) is 0.409. The molecule has 5 heteroatoms. The van der Waals surface area contributed by atoms with E-state index >= 15 is 0 Å². The Balaban J connectivity index is 1.42. The number of hydrogen-bond donors (Lipinski definition) is 0. The number of hydrogen-bond acceptors (Lipinski definition) is 3. The van der Waals surface area contributed by atoms with E-state index in [1.807, 2.05) is 12.4 Å². The molecule has 144 valence electrons. The van der Waals surface area contributed by atoms with Gasteiger partial charge < -0.3 is 14.2 Å². The molecule has 0 amide bonds. The van der Waals surface area contributed by atoms with Gasteiger partial charge in [0.25, 0.3) is 0 Å². The smallest absolute Gasteiger partial charge is 0.123 e. The Kier molecular flexibility index (Phi) is 6.82. The van der Waals surface area contributed by atoms with Crippen molar-refractivity contribution in [1.82, 2.24) is 14.5 Å². The number of fused-ring (bicyclic) bond motifs is 1. The number of ether oxygens (including phenoxy) is 1. The van der Waals surface area contributed by atoms with Gasteiger partial charge in [-0.15, -0.1) is 0 Å². The number of benzene rings is 2. The number of nitrogens with zero attached hydrogens (tertiary/aromatic N) is 3.